The quantitative estimate of drug-likeness (QED) is 0.492. The molecule has 1 aliphatic heterocycles. The topological polar surface area (TPSA) is 81.0 Å². The molecular formula is C27H30N2O5. The Hall–Kier alpha value is -3.42. The van der Waals surface area contributed by atoms with Crippen LogP contribution in [-0.4, -0.2) is 46.7 Å². The number of aliphatic hydroxyl groups is 1. The fourth-order valence-corrected chi connectivity index (χ4v) is 4.06. The van der Waals surface area contributed by atoms with Gasteiger partial charge in [0.2, 0.25) is 0 Å². The smallest absolute Gasteiger partial charge is 0.254 e. The van der Waals surface area contributed by atoms with Crippen molar-refractivity contribution < 1.29 is 19.4 Å². The van der Waals surface area contributed by atoms with Gasteiger partial charge in [0, 0.05) is 43.0 Å². The van der Waals surface area contributed by atoms with Gasteiger partial charge in [0.25, 0.3) is 5.56 Å². The number of rotatable bonds is 9. The summed E-state index contributed by atoms with van der Waals surface area (Å²) in [6, 6.07) is 18.2. The van der Waals surface area contributed by atoms with Gasteiger partial charge in [-0.3, -0.25) is 14.5 Å². The molecule has 1 aliphatic rings. The largest absolute Gasteiger partial charge is 0.496 e. The minimum atomic E-state index is -0.296. The third-order valence-corrected chi connectivity index (χ3v) is 6.09. The molecule has 2 aromatic carbocycles. The van der Waals surface area contributed by atoms with E-state index in [0.29, 0.717) is 30.2 Å². The molecule has 0 atom stereocenters. The van der Waals surface area contributed by atoms with Gasteiger partial charge in [0.05, 0.1) is 19.8 Å². The zero-order chi connectivity index (χ0) is 23.9. The lowest BCUT2D eigenvalue weighted by molar-refractivity contribution is 0.0788. The van der Waals surface area contributed by atoms with E-state index in [2.05, 4.69) is 4.90 Å². The molecule has 3 aromatic rings. The Morgan fingerprint density at radius 3 is 2.53 bits per heavy atom. The fraction of sp³-hybridized carbons (Fsp3) is 0.333. The molecule has 0 saturated carbocycles. The molecule has 0 bridgehead atoms. The number of carbonyl (C=O) groups excluding carboxylic acids is 1. The van der Waals surface area contributed by atoms with Gasteiger partial charge in [-0.05, 0) is 30.5 Å². The van der Waals surface area contributed by atoms with Crippen molar-refractivity contribution >= 4 is 5.78 Å². The van der Waals surface area contributed by atoms with Crippen LogP contribution in [0.3, 0.4) is 0 Å². The number of aromatic nitrogens is 1. The van der Waals surface area contributed by atoms with Crippen LogP contribution < -0.4 is 15.0 Å². The molecule has 7 heteroatoms. The number of hydrogen-bond acceptors (Lipinski definition) is 6. The lowest BCUT2D eigenvalue weighted by Crippen LogP contribution is -2.35. The Labute approximate surface area is 199 Å². The van der Waals surface area contributed by atoms with E-state index in [1.165, 1.54) is 10.6 Å². The van der Waals surface area contributed by atoms with Crippen molar-refractivity contribution in [1.82, 2.24) is 9.47 Å². The van der Waals surface area contributed by atoms with Gasteiger partial charge in [-0.25, -0.2) is 0 Å². The van der Waals surface area contributed by atoms with Crippen molar-refractivity contribution in [2.45, 2.75) is 38.6 Å². The summed E-state index contributed by atoms with van der Waals surface area (Å²) in [7, 11) is 1.59. The van der Waals surface area contributed by atoms with E-state index < -0.39 is 0 Å². The van der Waals surface area contributed by atoms with Crippen molar-refractivity contribution in [3.8, 4) is 11.5 Å². The minimum Gasteiger partial charge on any atom is -0.496 e. The highest BCUT2D eigenvalue weighted by Crippen LogP contribution is 2.24. The number of piperidine rings is 1. The van der Waals surface area contributed by atoms with Gasteiger partial charge in [-0.2, -0.15) is 0 Å². The maximum absolute atomic E-state index is 12.9. The highest BCUT2D eigenvalue weighted by Gasteiger charge is 2.19. The third kappa shape index (κ3) is 6.12. The average Bonchev–Trinajstić information content (AvgIpc) is 2.86. The van der Waals surface area contributed by atoms with Crippen LogP contribution in [0, 0.1) is 0 Å². The van der Waals surface area contributed by atoms with Gasteiger partial charge in [0.15, 0.2) is 5.78 Å². The van der Waals surface area contributed by atoms with Gasteiger partial charge in [0.1, 0.15) is 18.1 Å². The van der Waals surface area contributed by atoms with Gasteiger partial charge in [-0.15, -0.1) is 0 Å². The maximum Gasteiger partial charge on any atom is 0.254 e. The Balaban J connectivity index is 1.39. The highest BCUT2D eigenvalue weighted by atomic mass is 16.5. The number of likely N-dealkylation sites (tertiary alicyclic amines) is 1. The summed E-state index contributed by atoms with van der Waals surface area (Å²) in [5.74, 6) is 0.939. The Morgan fingerprint density at radius 2 is 1.82 bits per heavy atom. The minimum absolute atomic E-state index is 0.0652. The van der Waals surface area contributed by atoms with Crippen LogP contribution in [-0.2, 0) is 19.7 Å². The lowest BCUT2D eigenvalue weighted by Gasteiger charge is -2.29. The summed E-state index contributed by atoms with van der Waals surface area (Å²) in [6.45, 7) is 2.67. The SMILES string of the molecule is COc1cc(C(=O)Cn2ccc(OCc3ccccc3)cc2=O)ccc1CN1CCC(O)CC1. The molecule has 1 N–H and O–H groups in total. The number of pyridine rings is 1. The maximum atomic E-state index is 12.9. The molecular weight excluding hydrogens is 432 g/mol. The third-order valence-electron chi connectivity index (χ3n) is 6.09. The van der Waals surface area contributed by atoms with Gasteiger partial charge < -0.3 is 19.1 Å². The Kier molecular flexibility index (Phi) is 7.77. The number of benzene rings is 2. The van der Waals surface area contributed by atoms with Crippen LogP contribution >= 0.6 is 0 Å². The molecule has 178 valence electrons. The Morgan fingerprint density at radius 1 is 1.06 bits per heavy atom. The van der Waals surface area contributed by atoms with Crippen LogP contribution in [0.5, 0.6) is 11.5 Å². The standard InChI is InChI=1S/C27H30N2O5/c1-33-26-15-21(7-8-22(26)17-28-12-9-23(30)10-13-28)25(31)18-29-14-11-24(16-27(29)32)34-19-20-5-3-2-4-6-20/h2-8,11,14-16,23,30H,9-10,12-13,17-19H2,1H3. The number of ether oxygens (including phenoxy) is 2. The van der Waals surface area contributed by atoms with Crippen molar-refractivity contribution in [3.05, 3.63) is 93.9 Å². The summed E-state index contributed by atoms with van der Waals surface area (Å²) >= 11 is 0. The first kappa shape index (κ1) is 23.7. The van der Waals surface area contributed by atoms with Crippen molar-refractivity contribution in [1.29, 1.82) is 0 Å². The van der Waals surface area contributed by atoms with Crippen LogP contribution in [0.15, 0.2) is 71.7 Å². The summed E-state index contributed by atoms with van der Waals surface area (Å²) in [5.41, 5.74) is 2.20. The van der Waals surface area contributed by atoms with E-state index >= 15 is 0 Å². The van der Waals surface area contributed by atoms with Crippen LogP contribution in [0.4, 0.5) is 0 Å². The molecule has 0 unspecified atom stereocenters. The normalized spacial score (nSPS) is 14.6. The van der Waals surface area contributed by atoms with Crippen molar-refractivity contribution in [2.75, 3.05) is 20.2 Å². The molecule has 0 amide bonds. The number of Topliss-reactive ketones (excluding diaryl/α,β-unsaturated/α-hetero) is 1. The first-order valence-electron chi connectivity index (χ1n) is 11.5. The average molecular weight is 463 g/mol. The summed E-state index contributed by atoms with van der Waals surface area (Å²) < 4.78 is 12.6. The number of nitrogens with zero attached hydrogens (tertiary/aromatic N) is 2. The zero-order valence-corrected chi connectivity index (χ0v) is 19.4. The second-order valence-corrected chi connectivity index (χ2v) is 8.56. The molecule has 0 aliphatic carbocycles. The zero-order valence-electron chi connectivity index (χ0n) is 19.4. The van der Waals surface area contributed by atoms with E-state index in [4.69, 9.17) is 9.47 Å². The van der Waals surface area contributed by atoms with Crippen LogP contribution in [0.1, 0.15) is 34.3 Å². The number of ketones is 1. The summed E-state index contributed by atoms with van der Waals surface area (Å²) in [4.78, 5) is 27.7. The number of methoxy groups -OCH3 is 1. The number of carbonyl (C=O) groups is 1. The molecule has 2 heterocycles. The molecule has 1 saturated heterocycles. The molecule has 4 rings (SSSR count). The lowest BCUT2D eigenvalue weighted by atomic mass is 10.0. The molecule has 0 spiro atoms. The van der Waals surface area contributed by atoms with E-state index in [1.54, 1.807) is 31.5 Å². The molecule has 7 nitrogen and oxygen atoms in total. The summed E-state index contributed by atoms with van der Waals surface area (Å²) in [6.07, 6.45) is 2.90. The predicted molar refractivity (Wildman–Crippen MR) is 129 cm³/mol. The predicted octanol–water partition coefficient (Wildman–Crippen LogP) is 3.28. The fourth-order valence-electron chi connectivity index (χ4n) is 4.06. The van der Waals surface area contributed by atoms with E-state index in [9.17, 15) is 14.7 Å². The molecule has 0 radical (unpaired) electrons. The second kappa shape index (κ2) is 11.1. The van der Waals surface area contributed by atoms with Gasteiger partial charge in [-0.1, -0.05) is 42.5 Å². The monoisotopic (exact) mass is 462 g/mol. The van der Waals surface area contributed by atoms with E-state index in [-0.39, 0.29) is 24.0 Å². The van der Waals surface area contributed by atoms with Crippen LogP contribution in [0.2, 0.25) is 0 Å². The first-order chi connectivity index (χ1) is 16.5. The Bertz CT molecular complexity index is 1170. The first-order valence-corrected chi connectivity index (χ1v) is 11.5. The van der Waals surface area contributed by atoms with E-state index in [1.807, 2.05) is 36.4 Å². The highest BCUT2D eigenvalue weighted by molar-refractivity contribution is 5.96. The second-order valence-electron chi connectivity index (χ2n) is 8.56. The van der Waals surface area contributed by atoms with Crippen molar-refractivity contribution in [2.24, 2.45) is 0 Å². The van der Waals surface area contributed by atoms with Crippen molar-refractivity contribution in [3.63, 3.8) is 0 Å². The number of aliphatic hydroxyl groups excluding tert-OH is 1. The molecule has 1 aromatic heterocycles. The molecule has 1 fully saturated rings. The number of hydrogen-bond donors (Lipinski definition) is 1. The van der Waals surface area contributed by atoms with Crippen LogP contribution in [0.25, 0.3) is 0 Å². The molecule has 34 heavy (non-hydrogen) atoms. The van der Waals surface area contributed by atoms with Gasteiger partial charge >= 0.3 is 0 Å². The van der Waals surface area contributed by atoms with E-state index in [0.717, 1.165) is 37.1 Å². The summed E-state index contributed by atoms with van der Waals surface area (Å²) in [5, 5.41) is 9.70.